The molecular formula is C16H25NO4. The summed E-state index contributed by atoms with van der Waals surface area (Å²) in [5, 5.41) is 13.5. The van der Waals surface area contributed by atoms with Crippen LogP contribution in [0.3, 0.4) is 0 Å². The highest BCUT2D eigenvalue weighted by atomic mass is 16.5. The molecule has 0 fully saturated rings. The smallest absolute Gasteiger partial charge is 0.307 e. The summed E-state index contributed by atoms with van der Waals surface area (Å²) in [7, 11) is 1.34. The van der Waals surface area contributed by atoms with Crippen molar-refractivity contribution in [3.63, 3.8) is 0 Å². The average molecular weight is 295 g/mol. The van der Waals surface area contributed by atoms with Gasteiger partial charge in [-0.1, -0.05) is 19.1 Å². The Balaban J connectivity index is 2.77. The van der Waals surface area contributed by atoms with Crippen LogP contribution in [0.4, 0.5) is 0 Å². The van der Waals surface area contributed by atoms with Crippen LogP contribution in [0.5, 0.6) is 5.75 Å². The van der Waals surface area contributed by atoms with Crippen LogP contribution in [0.2, 0.25) is 0 Å². The lowest BCUT2D eigenvalue weighted by molar-refractivity contribution is -0.142. The van der Waals surface area contributed by atoms with E-state index in [0.717, 1.165) is 11.3 Å². The molecule has 0 aromatic heterocycles. The molecule has 0 radical (unpaired) electrons. The quantitative estimate of drug-likeness (QED) is 0.718. The lowest BCUT2D eigenvalue weighted by Crippen LogP contribution is -2.37. The zero-order valence-electron chi connectivity index (χ0n) is 13.1. The van der Waals surface area contributed by atoms with Crippen molar-refractivity contribution < 1.29 is 19.4 Å². The molecule has 0 spiro atoms. The second-order valence-electron chi connectivity index (χ2n) is 5.12. The Morgan fingerprint density at radius 2 is 1.90 bits per heavy atom. The number of carbonyl (C=O) groups excluding carboxylic acids is 1. The third-order valence-electron chi connectivity index (χ3n) is 3.06. The molecule has 0 amide bonds. The third-order valence-corrected chi connectivity index (χ3v) is 3.06. The molecule has 0 saturated heterocycles. The van der Waals surface area contributed by atoms with Gasteiger partial charge in [-0.2, -0.15) is 0 Å². The average Bonchev–Trinajstić information content (AvgIpc) is 2.46. The number of methoxy groups -OCH3 is 1. The van der Waals surface area contributed by atoms with Crippen molar-refractivity contribution in [3.8, 4) is 5.75 Å². The molecule has 1 aromatic carbocycles. The molecule has 0 aliphatic carbocycles. The van der Waals surface area contributed by atoms with Gasteiger partial charge in [0.25, 0.3) is 0 Å². The molecule has 2 unspecified atom stereocenters. The van der Waals surface area contributed by atoms with Crippen LogP contribution >= 0.6 is 0 Å². The van der Waals surface area contributed by atoms with Crippen molar-refractivity contribution in [1.82, 2.24) is 5.32 Å². The molecular weight excluding hydrogens is 270 g/mol. The van der Waals surface area contributed by atoms with Gasteiger partial charge in [0.15, 0.2) is 0 Å². The van der Waals surface area contributed by atoms with Gasteiger partial charge in [0, 0.05) is 6.04 Å². The molecule has 2 atom stereocenters. The van der Waals surface area contributed by atoms with Gasteiger partial charge in [0.05, 0.1) is 25.7 Å². The van der Waals surface area contributed by atoms with Crippen LogP contribution in [-0.4, -0.2) is 36.9 Å². The lowest BCUT2D eigenvalue weighted by Gasteiger charge is -2.23. The van der Waals surface area contributed by atoms with Crippen molar-refractivity contribution in [2.75, 3.05) is 13.7 Å². The van der Waals surface area contributed by atoms with Crippen molar-refractivity contribution >= 4 is 5.97 Å². The van der Waals surface area contributed by atoms with Gasteiger partial charge in [0.1, 0.15) is 5.75 Å². The van der Waals surface area contributed by atoms with Gasteiger partial charge in [-0.15, -0.1) is 0 Å². The first kappa shape index (κ1) is 17.5. The van der Waals surface area contributed by atoms with E-state index in [-0.39, 0.29) is 24.5 Å². The minimum Gasteiger partial charge on any atom is -0.491 e. The van der Waals surface area contributed by atoms with Crippen LogP contribution in [0.15, 0.2) is 24.3 Å². The Labute approximate surface area is 126 Å². The zero-order chi connectivity index (χ0) is 15.8. The first-order chi connectivity index (χ1) is 9.97. The predicted molar refractivity (Wildman–Crippen MR) is 81.3 cm³/mol. The molecule has 0 aliphatic rings. The fraction of sp³-hybridized carbons (Fsp3) is 0.562. The number of nitrogens with one attached hydrogen (secondary N) is 1. The molecule has 0 bridgehead atoms. The molecule has 0 saturated carbocycles. The number of aliphatic hydroxyl groups excluding tert-OH is 1. The number of hydrogen-bond acceptors (Lipinski definition) is 5. The number of esters is 1. The molecule has 1 aromatic rings. The minimum atomic E-state index is -0.780. The van der Waals surface area contributed by atoms with Crippen molar-refractivity contribution in [2.45, 2.75) is 45.4 Å². The summed E-state index contributed by atoms with van der Waals surface area (Å²) in [6, 6.07) is 6.88. The second kappa shape index (κ2) is 8.64. The summed E-state index contributed by atoms with van der Waals surface area (Å²) in [6.45, 7) is 6.50. The van der Waals surface area contributed by atoms with Crippen LogP contribution in [0, 0.1) is 0 Å². The normalized spacial score (nSPS) is 13.8. The van der Waals surface area contributed by atoms with E-state index in [2.05, 4.69) is 10.1 Å². The van der Waals surface area contributed by atoms with E-state index in [1.165, 1.54) is 7.11 Å². The molecule has 118 valence electrons. The molecule has 2 N–H and O–H groups in total. The highest BCUT2D eigenvalue weighted by molar-refractivity contribution is 5.70. The standard InChI is InChI=1S/C16H25NO4/c1-5-17-14(10-15(18)20-4)16(19)12-6-8-13(9-7-12)21-11(2)3/h6-9,11,14,16-17,19H,5,10H2,1-4H3. The van der Waals surface area contributed by atoms with Gasteiger partial charge in [-0.25, -0.2) is 0 Å². The van der Waals surface area contributed by atoms with Gasteiger partial charge in [0.2, 0.25) is 0 Å². The predicted octanol–water partition coefficient (Wildman–Crippen LogP) is 2.05. The number of rotatable bonds is 8. The van der Waals surface area contributed by atoms with E-state index in [0.29, 0.717) is 6.54 Å². The van der Waals surface area contributed by atoms with Gasteiger partial charge in [-0.05, 0) is 38.1 Å². The third kappa shape index (κ3) is 5.73. The molecule has 1 rings (SSSR count). The Morgan fingerprint density at radius 1 is 1.29 bits per heavy atom. The summed E-state index contributed by atoms with van der Waals surface area (Å²) in [4.78, 5) is 11.4. The maximum Gasteiger partial charge on any atom is 0.307 e. The van der Waals surface area contributed by atoms with Crippen molar-refractivity contribution in [3.05, 3.63) is 29.8 Å². The maximum absolute atomic E-state index is 11.4. The number of likely N-dealkylation sites (N-methyl/N-ethyl adjacent to an activating group) is 1. The van der Waals surface area contributed by atoms with Crippen LogP contribution in [0.1, 0.15) is 38.9 Å². The van der Waals surface area contributed by atoms with Gasteiger partial charge >= 0.3 is 5.97 Å². The van der Waals surface area contributed by atoms with E-state index < -0.39 is 6.10 Å². The van der Waals surface area contributed by atoms with Crippen molar-refractivity contribution in [1.29, 1.82) is 0 Å². The highest BCUT2D eigenvalue weighted by Crippen LogP contribution is 2.22. The monoisotopic (exact) mass is 295 g/mol. The number of benzene rings is 1. The molecule has 5 nitrogen and oxygen atoms in total. The largest absolute Gasteiger partial charge is 0.491 e. The summed E-state index contributed by atoms with van der Waals surface area (Å²) in [6.07, 6.45) is -0.554. The highest BCUT2D eigenvalue weighted by Gasteiger charge is 2.23. The lowest BCUT2D eigenvalue weighted by atomic mass is 9.99. The Kier molecular flexibility index (Phi) is 7.19. The fourth-order valence-electron chi connectivity index (χ4n) is 2.07. The van der Waals surface area contributed by atoms with Gasteiger partial charge < -0.3 is 19.9 Å². The Bertz CT molecular complexity index is 430. The van der Waals surface area contributed by atoms with Crippen LogP contribution in [0.25, 0.3) is 0 Å². The van der Waals surface area contributed by atoms with Crippen LogP contribution < -0.4 is 10.1 Å². The Morgan fingerprint density at radius 3 is 2.38 bits per heavy atom. The molecule has 0 aliphatic heterocycles. The molecule has 0 heterocycles. The Hall–Kier alpha value is -1.59. The first-order valence-corrected chi connectivity index (χ1v) is 7.22. The topological polar surface area (TPSA) is 67.8 Å². The van der Waals surface area contributed by atoms with E-state index >= 15 is 0 Å². The number of ether oxygens (including phenoxy) is 2. The molecule has 5 heteroatoms. The summed E-state index contributed by atoms with van der Waals surface area (Å²) < 4.78 is 10.2. The van der Waals surface area contributed by atoms with Gasteiger partial charge in [-0.3, -0.25) is 4.79 Å². The first-order valence-electron chi connectivity index (χ1n) is 7.22. The summed E-state index contributed by atoms with van der Waals surface area (Å²) in [5.41, 5.74) is 0.737. The van der Waals surface area contributed by atoms with Crippen LogP contribution in [-0.2, 0) is 9.53 Å². The van der Waals surface area contributed by atoms with E-state index in [9.17, 15) is 9.90 Å². The zero-order valence-corrected chi connectivity index (χ0v) is 13.1. The number of carbonyl (C=O) groups is 1. The minimum absolute atomic E-state index is 0.106. The molecule has 21 heavy (non-hydrogen) atoms. The van der Waals surface area contributed by atoms with E-state index in [1.54, 1.807) is 0 Å². The fourth-order valence-corrected chi connectivity index (χ4v) is 2.07. The number of hydrogen-bond donors (Lipinski definition) is 2. The maximum atomic E-state index is 11.4. The summed E-state index contributed by atoms with van der Waals surface area (Å²) >= 11 is 0. The second-order valence-corrected chi connectivity index (χ2v) is 5.12. The summed E-state index contributed by atoms with van der Waals surface area (Å²) in [5.74, 6) is 0.411. The SMILES string of the molecule is CCNC(CC(=O)OC)C(O)c1ccc(OC(C)C)cc1. The van der Waals surface area contributed by atoms with E-state index in [4.69, 9.17) is 4.74 Å². The van der Waals surface area contributed by atoms with Crippen molar-refractivity contribution in [2.24, 2.45) is 0 Å². The van der Waals surface area contributed by atoms with E-state index in [1.807, 2.05) is 45.0 Å². The number of aliphatic hydroxyl groups is 1.